The van der Waals surface area contributed by atoms with Crippen molar-refractivity contribution in [2.24, 2.45) is 0 Å². The minimum atomic E-state index is 0.327. The van der Waals surface area contributed by atoms with Gasteiger partial charge in [0.25, 0.3) is 0 Å². The highest BCUT2D eigenvalue weighted by atomic mass is 16.5. The lowest BCUT2D eigenvalue weighted by Crippen LogP contribution is -2.25. The summed E-state index contributed by atoms with van der Waals surface area (Å²) in [6.45, 7) is 3.22. The molecule has 2 aromatic rings. The molecule has 0 saturated heterocycles. The minimum Gasteiger partial charge on any atom is -0.496 e. The Bertz CT molecular complexity index is 528. The first-order valence-corrected chi connectivity index (χ1v) is 6.94. The van der Waals surface area contributed by atoms with Crippen LogP contribution in [0.15, 0.2) is 48.8 Å². The Labute approximate surface area is 121 Å². The Hall–Kier alpha value is -1.87. The van der Waals surface area contributed by atoms with Gasteiger partial charge in [-0.1, -0.05) is 18.2 Å². The van der Waals surface area contributed by atoms with E-state index in [-0.39, 0.29) is 0 Å². The summed E-state index contributed by atoms with van der Waals surface area (Å²) in [5.41, 5.74) is 2.55. The van der Waals surface area contributed by atoms with Crippen molar-refractivity contribution in [2.75, 3.05) is 20.7 Å². The molecule has 0 bridgehead atoms. The fourth-order valence-electron chi connectivity index (χ4n) is 2.30. The van der Waals surface area contributed by atoms with Crippen molar-refractivity contribution in [3.8, 4) is 5.75 Å². The van der Waals surface area contributed by atoms with Crippen LogP contribution in [0.5, 0.6) is 5.75 Å². The van der Waals surface area contributed by atoms with Gasteiger partial charge >= 0.3 is 0 Å². The zero-order chi connectivity index (χ0) is 14.4. The SMILES string of the molecule is COc1ccccc1C(C)N(C)CCc1ccncc1. The highest BCUT2D eigenvalue weighted by Gasteiger charge is 2.15. The van der Waals surface area contributed by atoms with E-state index < -0.39 is 0 Å². The number of ether oxygens (including phenoxy) is 1. The number of rotatable bonds is 6. The second kappa shape index (κ2) is 7.06. The van der Waals surface area contributed by atoms with Gasteiger partial charge < -0.3 is 4.74 Å². The molecule has 1 aromatic carbocycles. The lowest BCUT2D eigenvalue weighted by Gasteiger charge is -2.26. The van der Waals surface area contributed by atoms with Gasteiger partial charge in [-0.25, -0.2) is 0 Å². The molecule has 1 atom stereocenters. The van der Waals surface area contributed by atoms with E-state index in [0.29, 0.717) is 6.04 Å². The zero-order valence-corrected chi connectivity index (χ0v) is 12.4. The van der Waals surface area contributed by atoms with Crippen molar-refractivity contribution in [1.82, 2.24) is 9.88 Å². The molecule has 2 rings (SSSR count). The summed E-state index contributed by atoms with van der Waals surface area (Å²) >= 11 is 0. The number of hydrogen-bond donors (Lipinski definition) is 0. The first kappa shape index (κ1) is 14.5. The van der Waals surface area contributed by atoms with Crippen molar-refractivity contribution in [3.05, 3.63) is 59.9 Å². The summed E-state index contributed by atoms with van der Waals surface area (Å²) in [4.78, 5) is 6.39. The number of hydrogen-bond acceptors (Lipinski definition) is 3. The summed E-state index contributed by atoms with van der Waals surface area (Å²) in [5, 5.41) is 0. The average Bonchev–Trinajstić information content (AvgIpc) is 2.52. The lowest BCUT2D eigenvalue weighted by atomic mass is 10.1. The second-order valence-corrected chi connectivity index (χ2v) is 5.00. The molecular weight excluding hydrogens is 248 g/mol. The van der Waals surface area contributed by atoms with Crippen LogP contribution in [0.2, 0.25) is 0 Å². The number of likely N-dealkylation sites (N-methyl/N-ethyl adjacent to an activating group) is 1. The Morgan fingerprint density at radius 3 is 2.55 bits per heavy atom. The summed E-state index contributed by atoms with van der Waals surface area (Å²) in [5.74, 6) is 0.954. The van der Waals surface area contributed by atoms with Crippen LogP contribution in [0, 0.1) is 0 Å². The van der Waals surface area contributed by atoms with Gasteiger partial charge in [0.15, 0.2) is 0 Å². The van der Waals surface area contributed by atoms with E-state index in [4.69, 9.17) is 4.74 Å². The maximum Gasteiger partial charge on any atom is 0.123 e. The van der Waals surface area contributed by atoms with Gasteiger partial charge in [0.1, 0.15) is 5.75 Å². The number of pyridine rings is 1. The molecule has 1 aromatic heterocycles. The molecule has 20 heavy (non-hydrogen) atoms. The number of nitrogens with zero attached hydrogens (tertiary/aromatic N) is 2. The maximum atomic E-state index is 5.44. The van der Waals surface area contributed by atoms with Gasteiger partial charge in [0.05, 0.1) is 7.11 Å². The fourth-order valence-corrected chi connectivity index (χ4v) is 2.30. The third kappa shape index (κ3) is 3.58. The van der Waals surface area contributed by atoms with Gasteiger partial charge in [-0.15, -0.1) is 0 Å². The number of aromatic nitrogens is 1. The molecular formula is C17H22N2O. The molecule has 3 heteroatoms. The largest absolute Gasteiger partial charge is 0.496 e. The summed E-state index contributed by atoms with van der Waals surface area (Å²) in [6.07, 6.45) is 4.72. The molecule has 0 amide bonds. The van der Waals surface area contributed by atoms with Gasteiger partial charge in [0.2, 0.25) is 0 Å². The van der Waals surface area contributed by atoms with E-state index in [1.165, 1.54) is 11.1 Å². The molecule has 106 valence electrons. The van der Waals surface area contributed by atoms with Crippen LogP contribution >= 0.6 is 0 Å². The van der Waals surface area contributed by atoms with E-state index in [9.17, 15) is 0 Å². The van der Waals surface area contributed by atoms with Crippen LogP contribution in [0.3, 0.4) is 0 Å². The Kier molecular flexibility index (Phi) is 5.13. The van der Waals surface area contributed by atoms with Gasteiger partial charge in [-0.2, -0.15) is 0 Å². The van der Waals surface area contributed by atoms with Crippen LogP contribution in [-0.4, -0.2) is 30.6 Å². The first-order chi connectivity index (χ1) is 9.72. The molecule has 1 heterocycles. The van der Waals surface area contributed by atoms with E-state index in [2.05, 4.69) is 48.1 Å². The average molecular weight is 270 g/mol. The summed E-state index contributed by atoms with van der Waals surface area (Å²) in [6, 6.07) is 12.7. The van der Waals surface area contributed by atoms with Crippen molar-refractivity contribution in [1.29, 1.82) is 0 Å². The van der Waals surface area contributed by atoms with E-state index in [1.807, 2.05) is 24.5 Å². The topological polar surface area (TPSA) is 25.4 Å². The minimum absolute atomic E-state index is 0.327. The van der Waals surface area contributed by atoms with E-state index in [0.717, 1.165) is 18.7 Å². The Morgan fingerprint density at radius 1 is 1.15 bits per heavy atom. The predicted molar refractivity (Wildman–Crippen MR) is 82.0 cm³/mol. The van der Waals surface area contributed by atoms with Crippen molar-refractivity contribution in [3.63, 3.8) is 0 Å². The fraction of sp³-hybridized carbons (Fsp3) is 0.353. The quantitative estimate of drug-likeness (QED) is 0.805. The monoisotopic (exact) mass is 270 g/mol. The molecule has 0 aliphatic heterocycles. The molecule has 0 saturated carbocycles. The van der Waals surface area contributed by atoms with Crippen LogP contribution in [0.25, 0.3) is 0 Å². The maximum absolute atomic E-state index is 5.44. The summed E-state index contributed by atoms with van der Waals surface area (Å²) < 4.78 is 5.44. The van der Waals surface area contributed by atoms with Gasteiger partial charge in [0, 0.05) is 30.5 Å². The molecule has 0 N–H and O–H groups in total. The zero-order valence-electron chi connectivity index (χ0n) is 12.4. The van der Waals surface area contributed by atoms with E-state index in [1.54, 1.807) is 7.11 Å². The highest BCUT2D eigenvalue weighted by molar-refractivity contribution is 5.35. The predicted octanol–water partition coefficient (Wildman–Crippen LogP) is 3.33. The smallest absolute Gasteiger partial charge is 0.123 e. The van der Waals surface area contributed by atoms with Crippen molar-refractivity contribution >= 4 is 0 Å². The molecule has 0 aliphatic rings. The molecule has 0 spiro atoms. The molecule has 0 radical (unpaired) electrons. The normalized spacial score (nSPS) is 12.4. The highest BCUT2D eigenvalue weighted by Crippen LogP contribution is 2.27. The Balaban J connectivity index is 1.99. The lowest BCUT2D eigenvalue weighted by molar-refractivity contribution is 0.258. The second-order valence-electron chi connectivity index (χ2n) is 5.00. The van der Waals surface area contributed by atoms with Crippen LogP contribution < -0.4 is 4.74 Å². The van der Waals surface area contributed by atoms with Crippen molar-refractivity contribution < 1.29 is 4.74 Å². The third-order valence-corrected chi connectivity index (χ3v) is 3.75. The van der Waals surface area contributed by atoms with E-state index >= 15 is 0 Å². The van der Waals surface area contributed by atoms with Crippen LogP contribution in [-0.2, 0) is 6.42 Å². The summed E-state index contributed by atoms with van der Waals surface area (Å²) in [7, 11) is 3.88. The number of benzene rings is 1. The van der Waals surface area contributed by atoms with Gasteiger partial charge in [-0.3, -0.25) is 9.88 Å². The molecule has 1 unspecified atom stereocenters. The molecule has 3 nitrogen and oxygen atoms in total. The third-order valence-electron chi connectivity index (χ3n) is 3.75. The molecule has 0 fully saturated rings. The van der Waals surface area contributed by atoms with Crippen LogP contribution in [0.1, 0.15) is 24.1 Å². The molecule has 0 aliphatic carbocycles. The number of methoxy groups -OCH3 is 1. The van der Waals surface area contributed by atoms with Crippen LogP contribution in [0.4, 0.5) is 0 Å². The first-order valence-electron chi connectivity index (χ1n) is 6.94. The number of para-hydroxylation sites is 1. The van der Waals surface area contributed by atoms with Crippen molar-refractivity contribution in [2.45, 2.75) is 19.4 Å². The van der Waals surface area contributed by atoms with Gasteiger partial charge in [-0.05, 0) is 44.2 Å². The Morgan fingerprint density at radius 2 is 1.85 bits per heavy atom. The standard InChI is InChI=1S/C17H22N2O/c1-14(16-6-4-5-7-17(16)20-3)19(2)13-10-15-8-11-18-12-9-15/h4-9,11-12,14H,10,13H2,1-3H3.